The zero-order chi connectivity index (χ0) is 16.6. The van der Waals surface area contributed by atoms with Crippen molar-refractivity contribution in [3.8, 4) is 0 Å². The van der Waals surface area contributed by atoms with Crippen LogP contribution in [0.4, 0.5) is 11.4 Å². The molecule has 1 N–H and O–H groups in total. The van der Waals surface area contributed by atoms with Crippen LogP contribution >= 0.6 is 11.3 Å². The number of anilines is 2. The minimum absolute atomic E-state index is 0.0393. The van der Waals surface area contributed by atoms with Crippen LogP contribution in [-0.2, 0) is 10.2 Å². The van der Waals surface area contributed by atoms with E-state index in [0.717, 1.165) is 50.4 Å². The highest BCUT2D eigenvalue weighted by Gasteiger charge is 2.43. The van der Waals surface area contributed by atoms with Gasteiger partial charge in [-0.05, 0) is 55.0 Å². The molecule has 0 aliphatic carbocycles. The number of carbonyl (C=O) groups excluding carboxylic acids is 1. The van der Waals surface area contributed by atoms with Gasteiger partial charge in [-0.3, -0.25) is 4.79 Å². The molecule has 5 heteroatoms. The lowest BCUT2D eigenvalue weighted by Crippen LogP contribution is -2.38. The molecule has 1 spiro atoms. The highest BCUT2D eigenvalue weighted by Crippen LogP contribution is 2.47. The molecular formula is C19H22N2O2S. The third-order valence-corrected chi connectivity index (χ3v) is 5.96. The second kappa shape index (κ2) is 6.22. The molecule has 0 radical (unpaired) electrons. The second-order valence-corrected chi connectivity index (χ2v) is 7.38. The van der Waals surface area contributed by atoms with Crippen molar-refractivity contribution in [2.75, 3.05) is 36.5 Å². The fourth-order valence-corrected chi connectivity index (χ4v) is 4.55. The first-order chi connectivity index (χ1) is 11.7. The molecule has 4 rings (SSSR count). The number of rotatable bonds is 3. The molecule has 1 saturated heterocycles. The van der Waals surface area contributed by atoms with Gasteiger partial charge in [-0.2, -0.15) is 11.3 Å². The lowest BCUT2D eigenvalue weighted by Gasteiger charge is -2.34. The van der Waals surface area contributed by atoms with Gasteiger partial charge in [0.05, 0.1) is 5.56 Å². The molecule has 1 aromatic carbocycles. The van der Waals surface area contributed by atoms with Gasteiger partial charge in [0.25, 0.3) is 5.91 Å². The Kier molecular flexibility index (Phi) is 4.06. The van der Waals surface area contributed by atoms with Crippen LogP contribution < -0.4 is 10.2 Å². The Morgan fingerprint density at radius 1 is 1.33 bits per heavy atom. The van der Waals surface area contributed by atoms with Crippen LogP contribution in [0.3, 0.4) is 0 Å². The summed E-state index contributed by atoms with van der Waals surface area (Å²) in [6.45, 7) is 5.92. The van der Waals surface area contributed by atoms with Crippen molar-refractivity contribution >= 4 is 28.6 Å². The van der Waals surface area contributed by atoms with Crippen molar-refractivity contribution in [2.45, 2.75) is 25.2 Å². The molecule has 3 heterocycles. The Morgan fingerprint density at radius 2 is 2.17 bits per heavy atom. The molecule has 24 heavy (non-hydrogen) atoms. The molecule has 2 aromatic rings. The molecule has 1 amide bonds. The van der Waals surface area contributed by atoms with Crippen LogP contribution in [0.5, 0.6) is 0 Å². The molecule has 0 unspecified atom stereocenters. The molecule has 2 aliphatic heterocycles. The number of hydrogen-bond acceptors (Lipinski definition) is 4. The largest absolute Gasteiger partial charge is 0.381 e. The van der Waals surface area contributed by atoms with Gasteiger partial charge in [-0.25, -0.2) is 0 Å². The van der Waals surface area contributed by atoms with Crippen LogP contribution in [0.15, 0.2) is 35.0 Å². The Labute approximate surface area is 146 Å². The number of likely N-dealkylation sites (N-methyl/N-ethyl adjacent to an activating group) is 1. The van der Waals surface area contributed by atoms with E-state index in [0.29, 0.717) is 0 Å². The maximum atomic E-state index is 12.3. The van der Waals surface area contributed by atoms with Gasteiger partial charge in [0.1, 0.15) is 0 Å². The van der Waals surface area contributed by atoms with Crippen molar-refractivity contribution in [1.82, 2.24) is 0 Å². The summed E-state index contributed by atoms with van der Waals surface area (Å²) in [6.07, 6.45) is 2.11. The quantitative estimate of drug-likeness (QED) is 0.920. The Hall–Kier alpha value is -1.85. The monoisotopic (exact) mass is 342 g/mol. The van der Waals surface area contributed by atoms with E-state index >= 15 is 0 Å². The molecule has 1 aromatic heterocycles. The Balaban J connectivity index is 1.65. The molecule has 126 valence electrons. The molecular weight excluding hydrogens is 320 g/mol. The zero-order valence-electron chi connectivity index (χ0n) is 13.9. The van der Waals surface area contributed by atoms with E-state index in [2.05, 4.69) is 29.3 Å². The van der Waals surface area contributed by atoms with Gasteiger partial charge < -0.3 is 15.0 Å². The van der Waals surface area contributed by atoms with Crippen molar-refractivity contribution in [2.24, 2.45) is 0 Å². The van der Waals surface area contributed by atoms with E-state index in [1.165, 1.54) is 22.6 Å². The summed E-state index contributed by atoms with van der Waals surface area (Å²) in [6, 6.07) is 8.21. The van der Waals surface area contributed by atoms with E-state index in [-0.39, 0.29) is 11.3 Å². The molecule has 0 atom stereocenters. The summed E-state index contributed by atoms with van der Waals surface area (Å²) in [4.78, 5) is 14.8. The fourth-order valence-electron chi connectivity index (χ4n) is 3.92. The van der Waals surface area contributed by atoms with Gasteiger partial charge in [0.2, 0.25) is 0 Å². The maximum absolute atomic E-state index is 12.3. The van der Waals surface area contributed by atoms with Gasteiger partial charge >= 0.3 is 0 Å². The highest BCUT2D eigenvalue weighted by atomic mass is 32.1. The van der Waals surface area contributed by atoms with E-state index in [4.69, 9.17) is 4.74 Å². The lowest BCUT2D eigenvalue weighted by atomic mass is 9.76. The SMILES string of the molecule is CCN1CC2(CCOCC2)c2cc(NC(=O)c3ccsc3)ccc21. The van der Waals surface area contributed by atoms with Gasteiger partial charge in [0.15, 0.2) is 0 Å². The Morgan fingerprint density at radius 3 is 2.88 bits per heavy atom. The van der Waals surface area contributed by atoms with Gasteiger partial charge in [0, 0.05) is 48.5 Å². The number of ether oxygens (including phenoxy) is 1. The van der Waals surface area contributed by atoms with Crippen LogP contribution in [0.2, 0.25) is 0 Å². The van der Waals surface area contributed by atoms with Crippen LogP contribution in [-0.4, -0.2) is 32.2 Å². The predicted octanol–water partition coefficient (Wildman–Crippen LogP) is 3.89. The number of thiophene rings is 1. The highest BCUT2D eigenvalue weighted by molar-refractivity contribution is 7.08. The van der Waals surface area contributed by atoms with Crippen molar-refractivity contribution in [3.05, 3.63) is 46.2 Å². The third kappa shape index (κ3) is 2.62. The average molecular weight is 342 g/mol. The molecule has 4 nitrogen and oxygen atoms in total. The number of amides is 1. The summed E-state index contributed by atoms with van der Waals surface area (Å²) >= 11 is 1.54. The number of benzene rings is 1. The van der Waals surface area contributed by atoms with Gasteiger partial charge in [-0.15, -0.1) is 0 Å². The predicted molar refractivity (Wildman–Crippen MR) is 98.3 cm³/mol. The standard InChI is InChI=1S/C19H22N2O2S/c1-2-21-13-19(6-8-23-9-7-19)16-11-15(3-4-17(16)21)20-18(22)14-5-10-24-12-14/h3-5,10-12H,2,6-9,13H2,1H3,(H,20,22). The van der Waals surface area contributed by atoms with Gasteiger partial charge in [-0.1, -0.05) is 0 Å². The summed E-state index contributed by atoms with van der Waals surface area (Å²) in [5, 5.41) is 6.85. The first-order valence-corrected chi connectivity index (χ1v) is 9.47. The fraction of sp³-hybridized carbons (Fsp3) is 0.421. The van der Waals surface area contributed by atoms with Crippen molar-refractivity contribution < 1.29 is 9.53 Å². The number of fused-ring (bicyclic) bond motifs is 2. The number of nitrogens with zero attached hydrogens (tertiary/aromatic N) is 1. The topological polar surface area (TPSA) is 41.6 Å². The van der Waals surface area contributed by atoms with Crippen molar-refractivity contribution in [3.63, 3.8) is 0 Å². The number of hydrogen-bond donors (Lipinski definition) is 1. The van der Waals surface area contributed by atoms with E-state index in [1.54, 1.807) is 0 Å². The minimum atomic E-state index is -0.0393. The maximum Gasteiger partial charge on any atom is 0.256 e. The zero-order valence-corrected chi connectivity index (χ0v) is 14.7. The lowest BCUT2D eigenvalue weighted by molar-refractivity contribution is 0.0554. The summed E-state index contributed by atoms with van der Waals surface area (Å²) in [7, 11) is 0. The third-order valence-electron chi connectivity index (χ3n) is 5.27. The van der Waals surface area contributed by atoms with E-state index in [1.807, 2.05) is 22.9 Å². The summed E-state index contributed by atoms with van der Waals surface area (Å²) < 4.78 is 5.60. The minimum Gasteiger partial charge on any atom is -0.381 e. The summed E-state index contributed by atoms with van der Waals surface area (Å²) in [5.41, 5.74) is 4.46. The Bertz CT molecular complexity index is 736. The molecule has 2 aliphatic rings. The smallest absolute Gasteiger partial charge is 0.256 e. The van der Waals surface area contributed by atoms with E-state index in [9.17, 15) is 4.79 Å². The van der Waals surface area contributed by atoms with Crippen molar-refractivity contribution in [1.29, 1.82) is 0 Å². The first kappa shape index (κ1) is 15.7. The normalized spacial score (nSPS) is 18.6. The molecule has 1 fully saturated rings. The second-order valence-electron chi connectivity index (χ2n) is 6.60. The van der Waals surface area contributed by atoms with Crippen LogP contribution in [0, 0.1) is 0 Å². The number of nitrogens with one attached hydrogen (secondary N) is 1. The van der Waals surface area contributed by atoms with Crippen LogP contribution in [0.25, 0.3) is 0 Å². The molecule has 0 saturated carbocycles. The van der Waals surface area contributed by atoms with E-state index < -0.39 is 0 Å². The molecule has 0 bridgehead atoms. The first-order valence-electron chi connectivity index (χ1n) is 8.53. The van der Waals surface area contributed by atoms with Crippen LogP contribution in [0.1, 0.15) is 35.7 Å². The number of carbonyl (C=O) groups is 1. The average Bonchev–Trinajstić information content (AvgIpc) is 3.24. The summed E-state index contributed by atoms with van der Waals surface area (Å²) in [5.74, 6) is -0.0393.